The average molecular weight is 307 g/mol. The average Bonchev–Trinajstić information content (AvgIpc) is 2.99. The first-order valence-electron chi connectivity index (χ1n) is 7.65. The predicted octanol–water partition coefficient (Wildman–Crippen LogP) is 4.58. The van der Waals surface area contributed by atoms with Crippen LogP contribution in [0.4, 0.5) is 0 Å². The van der Waals surface area contributed by atoms with Crippen molar-refractivity contribution in [3.05, 3.63) is 48.2 Å². The first-order valence-corrected chi connectivity index (χ1v) is 8.47. The molecule has 4 rings (SSSR count). The van der Waals surface area contributed by atoms with Gasteiger partial charge >= 0.3 is 0 Å². The molecule has 3 aromatic rings. The Morgan fingerprint density at radius 1 is 1.18 bits per heavy atom. The normalized spacial score (nSPS) is 18.4. The minimum absolute atomic E-state index is 0.711. The fraction of sp³-hybridized carbons (Fsp3) is 0.278. The van der Waals surface area contributed by atoms with E-state index in [0.717, 1.165) is 29.2 Å². The summed E-state index contributed by atoms with van der Waals surface area (Å²) >= 11 is 1.69. The van der Waals surface area contributed by atoms with Crippen molar-refractivity contribution >= 4 is 27.3 Å². The second kappa shape index (κ2) is 5.61. The van der Waals surface area contributed by atoms with Crippen LogP contribution in [0.25, 0.3) is 20.9 Å². The predicted molar refractivity (Wildman–Crippen MR) is 92.7 cm³/mol. The van der Waals surface area contributed by atoms with Crippen LogP contribution in [0.1, 0.15) is 25.3 Å². The molecule has 0 N–H and O–H groups in total. The van der Waals surface area contributed by atoms with E-state index in [1.54, 1.807) is 11.3 Å². The Hall–Kier alpha value is -2.07. The van der Waals surface area contributed by atoms with Gasteiger partial charge in [-0.2, -0.15) is 0 Å². The molecule has 1 aliphatic rings. The molecule has 1 unspecified atom stereocenters. The van der Waals surface area contributed by atoms with E-state index in [1.807, 2.05) is 24.4 Å². The second-order valence-corrected chi connectivity index (χ2v) is 6.88. The first kappa shape index (κ1) is 13.6. The molecule has 0 amide bonds. The highest BCUT2D eigenvalue weighted by atomic mass is 32.1. The third kappa shape index (κ3) is 2.55. The van der Waals surface area contributed by atoms with Gasteiger partial charge in [0.1, 0.15) is 5.01 Å². The maximum absolute atomic E-state index is 4.75. The molecule has 3 nitrogen and oxygen atoms in total. The summed E-state index contributed by atoms with van der Waals surface area (Å²) < 4.78 is 1.20. The van der Waals surface area contributed by atoms with E-state index < -0.39 is 0 Å². The van der Waals surface area contributed by atoms with Crippen LogP contribution >= 0.6 is 11.3 Å². The summed E-state index contributed by atoms with van der Waals surface area (Å²) in [6.07, 6.45) is 4.11. The largest absolute Gasteiger partial charge is 0.289 e. The number of aliphatic imine (C=N–C) groups is 1. The van der Waals surface area contributed by atoms with Gasteiger partial charge in [-0.3, -0.25) is 9.98 Å². The molecule has 0 bridgehead atoms. The molecule has 4 heteroatoms. The highest BCUT2D eigenvalue weighted by Crippen LogP contribution is 2.30. The summed E-state index contributed by atoms with van der Waals surface area (Å²) in [5.74, 6) is 0.711. The van der Waals surface area contributed by atoms with E-state index in [-0.39, 0.29) is 0 Å². The topological polar surface area (TPSA) is 38.1 Å². The van der Waals surface area contributed by atoms with E-state index in [9.17, 15) is 0 Å². The molecule has 22 heavy (non-hydrogen) atoms. The summed E-state index contributed by atoms with van der Waals surface area (Å²) in [6, 6.07) is 12.4. The molecular formula is C18H17N3S. The van der Waals surface area contributed by atoms with Crippen molar-refractivity contribution in [2.24, 2.45) is 10.9 Å². The molecule has 1 aromatic carbocycles. The lowest BCUT2D eigenvalue weighted by atomic mass is 9.96. The van der Waals surface area contributed by atoms with E-state index >= 15 is 0 Å². The van der Waals surface area contributed by atoms with Crippen LogP contribution in [-0.4, -0.2) is 22.2 Å². The zero-order valence-electron chi connectivity index (χ0n) is 12.5. The quantitative estimate of drug-likeness (QED) is 0.695. The summed E-state index contributed by atoms with van der Waals surface area (Å²) in [7, 11) is 0. The number of hydrogen-bond donors (Lipinski definition) is 0. The van der Waals surface area contributed by atoms with Gasteiger partial charge in [0.25, 0.3) is 0 Å². The summed E-state index contributed by atoms with van der Waals surface area (Å²) in [4.78, 5) is 13.9. The van der Waals surface area contributed by atoms with Crippen molar-refractivity contribution in [1.29, 1.82) is 0 Å². The number of benzene rings is 1. The highest BCUT2D eigenvalue weighted by molar-refractivity contribution is 7.21. The van der Waals surface area contributed by atoms with Crippen LogP contribution in [0.5, 0.6) is 0 Å². The van der Waals surface area contributed by atoms with Crippen LogP contribution < -0.4 is 0 Å². The number of rotatable bonds is 2. The lowest BCUT2D eigenvalue weighted by Crippen LogP contribution is -2.14. The standard InChI is InChI=1S/C18H17N3S/c1-12-5-7-14(20-11-12)13-6-8-17-16(10-13)21-18(22-17)15-4-2-3-9-19-15/h2-4,6,8-10,12H,5,7,11H2,1H3. The van der Waals surface area contributed by atoms with E-state index in [2.05, 4.69) is 30.1 Å². The van der Waals surface area contributed by atoms with Crippen molar-refractivity contribution in [2.75, 3.05) is 6.54 Å². The minimum Gasteiger partial charge on any atom is -0.289 e. The summed E-state index contributed by atoms with van der Waals surface area (Å²) in [5, 5.41) is 0.979. The Kier molecular flexibility index (Phi) is 3.47. The van der Waals surface area contributed by atoms with Crippen LogP contribution in [0.15, 0.2) is 47.6 Å². The van der Waals surface area contributed by atoms with Gasteiger partial charge in [-0.05, 0) is 48.6 Å². The van der Waals surface area contributed by atoms with Gasteiger partial charge in [0.15, 0.2) is 0 Å². The van der Waals surface area contributed by atoms with Gasteiger partial charge in [0, 0.05) is 18.5 Å². The number of hydrogen-bond acceptors (Lipinski definition) is 4. The van der Waals surface area contributed by atoms with Crippen molar-refractivity contribution in [3.8, 4) is 10.7 Å². The fourth-order valence-corrected chi connectivity index (χ4v) is 3.68. The van der Waals surface area contributed by atoms with Crippen LogP contribution in [-0.2, 0) is 0 Å². The molecule has 1 atom stereocenters. The first-order chi connectivity index (χ1) is 10.8. The minimum atomic E-state index is 0.711. The van der Waals surface area contributed by atoms with Gasteiger partial charge in [0.05, 0.1) is 15.9 Å². The number of thiazole rings is 1. The maximum Gasteiger partial charge on any atom is 0.143 e. The zero-order valence-corrected chi connectivity index (χ0v) is 13.3. The van der Waals surface area contributed by atoms with Gasteiger partial charge in [0.2, 0.25) is 0 Å². The monoisotopic (exact) mass is 307 g/mol. The Labute approximate surface area is 133 Å². The van der Waals surface area contributed by atoms with Crippen molar-refractivity contribution in [1.82, 2.24) is 9.97 Å². The second-order valence-electron chi connectivity index (χ2n) is 5.85. The summed E-state index contributed by atoms with van der Waals surface area (Å²) in [5.41, 5.74) is 4.43. The van der Waals surface area contributed by atoms with Crippen molar-refractivity contribution < 1.29 is 0 Å². The number of pyridine rings is 1. The molecule has 3 heterocycles. The zero-order chi connectivity index (χ0) is 14.9. The van der Waals surface area contributed by atoms with Crippen LogP contribution in [0.3, 0.4) is 0 Å². The Balaban J connectivity index is 1.72. The van der Waals surface area contributed by atoms with Gasteiger partial charge in [-0.15, -0.1) is 11.3 Å². The fourth-order valence-electron chi connectivity index (χ4n) is 2.76. The third-order valence-electron chi connectivity index (χ3n) is 4.07. The molecule has 1 aliphatic heterocycles. The van der Waals surface area contributed by atoms with Gasteiger partial charge in [-0.1, -0.05) is 19.1 Å². The third-order valence-corrected chi connectivity index (χ3v) is 5.13. The molecular weight excluding hydrogens is 290 g/mol. The van der Waals surface area contributed by atoms with Crippen molar-refractivity contribution in [3.63, 3.8) is 0 Å². The Morgan fingerprint density at radius 3 is 2.91 bits per heavy atom. The lowest BCUT2D eigenvalue weighted by molar-refractivity contribution is 0.538. The Bertz CT molecular complexity index is 836. The number of aromatic nitrogens is 2. The smallest absolute Gasteiger partial charge is 0.143 e. The number of nitrogens with zero attached hydrogens (tertiary/aromatic N) is 3. The molecule has 2 aromatic heterocycles. The van der Waals surface area contributed by atoms with E-state index in [0.29, 0.717) is 5.92 Å². The molecule has 0 saturated heterocycles. The van der Waals surface area contributed by atoms with E-state index in [1.165, 1.54) is 22.4 Å². The Morgan fingerprint density at radius 2 is 2.14 bits per heavy atom. The van der Waals surface area contributed by atoms with Gasteiger partial charge < -0.3 is 0 Å². The molecule has 110 valence electrons. The number of fused-ring (bicyclic) bond motifs is 1. The van der Waals surface area contributed by atoms with E-state index in [4.69, 9.17) is 9.98 Å². The highest BCUT2D eigenvalue weighted by Gasteiger charge is 2.14. The maximum atomic E-state index is 4.75. The molecule has 0 spiro atoms. The molecule has 0 radical (unpaired) electrons. The molecule has 0 aliphatic carbocycles. The van der Waals surface area contributed by atoms with Crippen molar-refractivity contribution in [2.45, 2.75) is 19.8 Å². The summed E-state index contributed by atoms with van der Waals surface area (Å²) in [6.45, 7) is 3.21. The molecule has 0 fully saturated rings. The van der Waals surface area contributed by atoms with Crippen LogP contribution in [0.2, 0.25) is 0 Å². The molecule has 0 saturated carbocycles. The van der Waals surface area contributed by atoms with Gasteiger partial charge in [-0.25, -0.2) is 4.98 Å². The van der Waals surface area contributed by atoms with Crippen LogP contribution in [0, 0.1) is 5.92 Å². The SMILES string of the molecule is CC1CCC(c2ccc3sc(-c4ccccn4)nc3c2)=NC1. The lowest BCUT2D eigenvalue weighted by Gasteiger charge is -2.17.